The first-order chi connectivity index (χ1) is 9.63. The van der Waals surface area contributed by atoms with Crippen molar-refractivity contribution >= 4 is 12.8 Å². The van der Waals surface area contributed by atoms with E-state index in [0.29, 0.717) is 0 Å². The molecule has 1 aliphatic rings. The highest BCUT2D eigenvalue weighted by Gasteiger charge is 2.47. The second-order valence-electron chi connectivity index (χ2n) is 5.11. The Morgan fingerprint density at radius 3 is 2.15 bits per heavy atom. The van der Waals surface area contributed by atoms with Crippen LogP contribution in [-0.4, -0.2) is 17.8 Å². The van der Waals surface area contributed by atoms with Gasteiger partial charge in [0.15, 0.2) is 0 Å². The summed E-state index contributed by atoms with van der Waals surface area (Å²) < 4.78 is 21.1. The Morgan fingerprint density at radius 2 is 1.55 bits per heavy atom. The highest BCUT2D eigenvalue weighted by Crippen LogP contribution is 2.60. The Morgan fingerprint density at radius 1 is 1.00 bits per heavy atom. The third-order valence-corrected chi connectivity index (χ3v) is 6.57. The van der Waals surface area contributed by atoms with Gasteiger partial charge in [-0.3, -0.25) is 4.57 Å². The Balaban J connectivity index is 1.99. The minimum absolute atomic E-state index is 0.0726. The number of nitrogens with zero attached hydrogens (tertiary/aromatic N) is 1. The van der Waals surface area contributed by atoms with Crippen LogP contribution < -0.4 is 5.30 Å². The molecule has 3 rings (SSSR count). The molecule has 0 aliphatic carbocycles. The molecule has 0 N–H and O–H groups in total. The summed E-state index contributed by atoms with van der Waals surface area (Å²) in [6.07, 6.45) is -0.160. The summed E-state index contributed by atoms with van der Waals surface area (Å²) in [4.78, 5) is 0. The maximum Gasteiger partial charge on any atom is 0.303 e. The van der Waals surface area contributed by atoms with E-state index in [1.165, 1.54) is 0 Å². The lowest BCUT2D eigenvalue weighted by Crippen LogP contribution is -2.25. The average molecular weight is 287 g/mol. The molecule has 3 nitrogen and oxygen atoms in total. The molecule has 0 aromatic heterocycles. The molecule has 1 heterocycles. The first-order valence-electron chi connectivity index (χ1n) is 6.75. The molecule has 2 aromatic carbocycles. The Bertz CT molecular complexity index is 629. The van der Waals surface area contributed by atoms with Crippen molar-refractivity contribution in [2.24, 2.45) is 0 Å². The van der Waals surface area contributed by atoms with Gasteiger partial charge < -0.3 is 4.52 Å². The molecule has 4 heteroatoms. The summed E-state index contributed by atoms with van der Waals surface area (Å²) >= 11 is 0. The topological polar surface area (TPSA) is 29.5 Å². The van der Waals surface area contributed by atoms with Gasteiger partial charge in [-0.2, -0.15) is 0 Å². The van der Waals surface area contributed by atoms with Crippen LogP contribution in [0.3, 0.4) is 0 Å². The van der Waals surface area contributed by atoms with Crippen LogP contribution in [0.15, 0.2) is 60.7 Å². The summed E-state index contributed by atoms with van der Waals surface area (Å²) in [6.45, 7) is 2.06. The molecule has 0 amide bonds. The van der Waals surface area contributed by atoms with Crippen LogP contribution in [-0.2, 0) is 9.09 Å². The number of benzene rings is 2. The normalized spacial score (nSPS) is 30.5. The van der Waals surface area contributed by atoms with Crippen LogP contribution in [0.5, 0.6) is 0 Å². The SMILES string of the molecule is C[C@H]1[C@@H](c2ccccc2)O[P@](=O)(c2ccccc2)N1C. The van der Waals surface area contributed by atoms with E-state index in [1.807, 2.05) is 72.4 Å². The molecule has 20 heavy (non-hydrogen) atoms. The van der Waals surface area contributed by atoms with Gasteiger partial charge in [-0.15, -0.1) is 0 Å². The Kier molecular flexibility index (Phi) is 3.51. The minimum atomic E-state index is -2.96. The second-order valence-corrected chi connectivity index (χ2v) is 7.51. The van der Waals surface area contributed by atoms with E-state index in [9.17, 15) is 4.57 Å². The molecule has 1 saturated heterocycles. The molecular formula is C16H18NO2P. The van der Waals surface area contributed by atoms with E-state index >= 15 is 0 Å². The van der Waals surface area contributed by atoms with E-state index < -0.39 is 7.52 Å². The van der Waals surface area contributed by atoms with Gasteiger partial charge in [0.1, 0.15) is 6.10 Å². The zero-order valence-corrected chi connectivity index (χ0v) is 12.5. The van der Waals surface area contributed by atoms with Gasteiger partial charge in [0, 0.05) is 6.04 Å². The van der Waals surface area contributed by atoms with Crippen molar-refractivity contribution in [3.63, 3.8) is 0 Å². The summed E-state index contributed by atoms with van der Waals surface area (Å²) in [5, 5.41) is 0.757. The molecule has 0 radical (unpaired) electrons. The van der Waals surface area contributed by atoms with Gasteiger partial charge in [0.25, 0.3) is 0 Å². The molecule has 1 fully saturated rings. The van der Waals surface area contributed by atoms with Crippen LogP contribution in [0.25, 0.3) is 0 Å². The van der Waals surface area contributed by atoms with Gasteiger partial charge in [-0.25, -0.2) is 4.67 Å². The zero-order chi connectivity index (χ0) is 14.2. The Labute approximate surface area is 119 Å². The van der Waals surface area contributed by atoms with Crippen LogP contribution >= 0.6 is 7.52 Å². The predicted molar refractivity (Wildman–Crippen MR) is 81.2 cm³/mol. The fourth-order valence-electron chi connectivity index (χ4n) is 2.59. The van der Waals surface area contributed by atoms with Crippen LogP contribution in [0.2, 0.25) is 0 Å². The molecule has 0 saturated carbocycles. The summed E-state index contributed by atoms with van der Waals surface area (Å²) in [6, 6.07) is 19.5. The molecule has 0 unspecified atom stereocenters. The van der Waals surface area contributed by atoms with Crippen LogP contribution in [0.4, 0.5) is 0 Å². The summed E-state index contributed by atoms with van der Waals surface area (Å²) in [5.41, 5.74) is 1.07. The predicted octanol–water partition coefficient (Wildman–Crippen LogP) is 3.60. The molecule has 1 aliphatic heterocycles. The minimum Gasteiger partial charge on any atom is -0.304 e. The maximum absolute atomic E-state index is 13.2. The van der Waals surface area contributed by atoms with E-state index in [1.54, 1.807) is 0 Å². The van der Waals surface area contributed by atoms with Crippen molar-refractivity contribution in [2.45, 2.75) is 19.1 Å². The van der Waals surface area contributed by atoms with Gasteiger partial charge in [0.05, 0.1) is 5.30 Å². The number of rotatable bonds is 2. The first kappa shape index (κ1) is 13.6. The van der Waals surface area contributed by atoms with Crippen LogP contribution in [0.1, 0.15) is 18.6 Å². The van der Waals surface area contributed by atoms with Crippen molar-refractivity contribution in [1.82, 2.24) is 4.67 Å². The van der Waals surface area contributed by atoms with Gasteiger partial charge in [-0.1, -0.05) is 48.5 Å². The monoisotopic (exact) mass is 287 g/mol. The van der Waals surface area contributed by atoms with Crippen molar-refractivity contribution in [1.29, 1.82) is 0 Å². The van der Waals surface area contributed by atoms with E-state index in [0.717, 1.165) is 10.9 Å². The molecule has 0 bridgehead atoms. The van der Waals surface area contributed by atoms with Gasteiger partial charge in [-0.05, 0) is 31.7 Å². The number of hydrogen-bond acceptors (Lipinski definition) is 2. The molecular weight excluding hydrogens is 269 g/mol. The first-order valence-corrected chi connectivity index (χ1v) is 8.33. The van der Waals surface area contributed by atoms with Crippen molar-refractivity contribution in [2.75, 3.05) is 7.05 Å². The fraction of sp³-hybridized carbons (Fsp3) is 0.250. The molecule has 2 aromatic rings. The number of likely N-dealkylation sites (N-methyl/N-ethyl adjacent to an activating group) is 1. The molecule has 0 spiro atoms. The van der Waals surface area contributed by atoms with E-state index in [-0.39, 0.29) is 12.1 Å². The van der Waals surface area contributed by atoms with Crippen LogP contribution in [0, 0.1) is 0 Å². The van der Waals surface area contributed by atoms with Gasteiger partial charge in [0.2, 0.25) is 0 Å². The lowest BCUT2D eigenvalue weighted by atomic mass is 10.0. The average Bonchev–Trinajstić information content (AvgIpc) is 2.75. The maximum atomic E-state index is 13.2. The van der Waals surface area contributed by atoms with E-state index in [4.69, 9.17) is 4.52 Å². The smallest absolute Gasteiger partial charge is 0.303 e. The highest BCUT2D eigenvalue weighted by atomic mass is 31.2. The summed E-state index contributed by atoms with van der Waals surface area (Å²) in [5.74, 6) is 0. The van der Waals surface area contributed by atoms with Crippen molar-refractivity contribution in [3.8, 4) is 0 Å². The largest absolute Gasteiger partial charge is 0.304 e. The summed E-state index contributed by atoms with van der Waals surface area (Å²) in [7, 11) is -1.08. The lowest BCUT2D eigenvalue weighted by Gasteiger charge is -2.20. The van der Waals surface area contributed by atoms with Crippen molar-refractivity contribution in [3.05, 3.63) is 66.2 Å². The fourth-order valence-corrected chi connectivity index (χ4v) is 4.98. The van der Waals surface area contributed by atoms with Gasteiger partial charge >= 0.3 is 7.52 Å². The zero-order valence-electron chi connectivity index (χ0n) is 11.6. The highest BCUT2D eigenvalue weighted by molar-refractivity contribution is 7.64. The lowest BCUT2D eigenvalue weighted by molar-refractivity contribution is 0.212. The molecule has 104 valence electrons. The second kappa shape index (κ2) is 5.17. The molecule has 3 atom stereocenters. The standard InChI is InChI=1S/C16H18NO2P/c1-13-16(14-9-5-3-6-10-14)19-20(18,17(13)2)15-11-7-4-8-12-15/h3-13,16H,1-2H3/t13-,16-,20+/m0/s1. The number of hydrogen-bond donors (Lipinski definition) is 0. The third kappa shape index (κ3) is 2.12. The van der Waals surface area contributed by atoms with Crippen molar-refractivity contribution < 1.29 is 9.09 Å². The quantitative estimate of drug-likeness (QED) is 0.790. The van der Waals surface area contributed by atoms with E-state index in [2.05, 4.69) is 6.92 Å². The Hall–Kier alpha value is -1.41. The third-order valence-electron chi connectivity index (χ3n) is 3.91.